The molecule has 7 heteroatoms. The van der Waals surface area contributed by atoms with Crippen LogP contribution in [0.1, 0.15) is 25.7 Å². The molecule has 1 N–H and O–H groups in total. The molecule has 0 unspecified atom stereocenters. The molecule has 1 amide bonds. The number of fused-ring (bicyclic) bond motifs is 1. The van der Waals surface area contributed by atoms with Crippen molar-refractivity contribution in [3.63, 3.8) is 0 Å². The fraction of sp³-hybridized carbons (Fsp3) is 0.444. The van der Waals surface area contributed by atoms with Crippen LogP contribution in [0.15, 0.2) is 23.0 Å². The number of carbonyl (C=O) groups is 1. The summed E-state index contributed by atoms with van der Waals surface area (Å²) >= 11 is 6.11. The molecule has 6 nitrogen and oxygen atoms in total. The van der Waals surface area contributed by atoms with Crippen LogP contribution in [-0.4, -0.2) is 24.3 Å². The number of hydrogen-bond acceptors (Lipinski definition) is 4. The van der Waals surface area contributed by atoms with Crippen LogP contribution in [-0.2, 0) is 7.05 Å². The van der Waals surface area contributed by atoms with Gasteiger partial charge in [-0.1, -0.05) is 24.4 Å². The van der Waals surface area contributed by atoms with Gasteiger partial charge >= 0.3 is 6.09 Å². The van der Waals surface area contributed by atoms with Gasteiger partial charge in [0.2, 0.25) is 0 Å². The van der Waals surface area contributed by atoms with Crippen LogP contribution >= 0.6 is 11.6 Å². The lowest BCUT2D eigenvalue weighted by Gasteiger charge is -2.18. The van der Waals surface area contributed by atoms with Gasteiger partial charge in [0.05, 0.1) is 12.0 Å². The van der Waals surface area contributed by atoms with Gasteiger partial charge in [-0.3, -0.25) is 9.36 Å². The Morgan fingerprint density at radius 3 is 2.72 bits per heavy atom. The molecule has 0 atom stereocenters. The molecule has 1 aromatic heterocycles. The van der Waals surface area contributed by atoms with Crippen molar-refractivity contribution in [1.82, 2.24) is 9.88 Å². The molecule has 1 aromatic carbocycles. The van der Waals surface area contributed by atoms with E-state index in [9.17, 15) is 9.59 Å². The van der Waals surface area contributed by atoms with Gasteiger partial charge < -0.3 is 14.8 Å². The maximum Gasteiger partial charge on any atom is 0.413 e. The van der Waals surface area contributed by atoms with E-state index >= 15 is 0 Å². The van der Waals surface area contributed by atoms with Crippen LogP contribution < -0.4 is 20.3 Å². The van der Waals surface area contributed by atoms with Crippen molar-refractivity contribution in [1.29, 1.82) is 0 Å². The summed E-state index contributed by atoms with van der Waals surface area (Å²) < 4.78 is 12.6. The minimum Gasteiger partial charge on any atom is -0.487 e. The highest BCUT2D eigenvalue weighted by Gasteiger charge is 2.22. The van der Waals surface area contributed by atoms with E-state index in [1.807, 2.05) is 0 Å². The number of nitrogens with zero attached hydrogens (tertiary/aromatic N) is 1. The van der Waals surface area contributed by atoms with Crippen molar-refractivity contribution in [3.05, 3.63) is 33.6 Å². The number of carbonyl (C=O) groups excluding carboxylic acids is 1. The highest BCUT2D eigenvalue weighted by atomic mass is 35.5. The van der Waals surface area contributed by atoms with E-state index < -0.39 is 6.09 Å². The number of ether oxygens (including phenoxy) is 2. The van der Waals surface area contributed by atoms with Crippen LogP contribution in [0.3, 0.4) is 0 Å². The lowest BCUT2D eigenvalue weighted by atomic mass is 10.1. The van der Waals surface area contributed by atoms with E-state index in [0.717, 1.165) is 12.8 Å². The third-order valence-electron chi connectivity index (χ3n) is 4.59. The monoisotopic (exact) mass is 364 g/mol. The molecule has 0 aliphatic heterocycles. The van der Waals surface area contributed by atoms with Gasteiger partial charge in [-0.2, -0.15) is 0 Å². The normalized spacial score (nSPS) is 14.7. The van der Waals surface area contributed by atoms with Crippen molar-refractivity contribution >= 4 is 28.5 Å². The quantitative estimate of drug-likeness (QED) is 0.901. The molecular formula is C18H21ClN2O4. The highest BCUT2D eigenvalue weighted by Crippen LogP contribution is 2.36. The van der Waals surface area contributed by atoms with Gasteiger partial charge in [-0.05, 0) is 37.0 Å². The molecule has 0 spiro atoms. The predicted octanol–water partition coefficient (Wildman–Crippen LogP) is 3.48. The Morgan fingerprint density at radius 2 is 2.04 bits per heavy atom. The lowest BCUT2D eigenvalue weighted by molar-refractivity contribution is 0.191. The standard InChI is InChI=1S/C18H21ClN2O4/c1-20-18(23)25-17-15(24-10-11-5-3-4-6-11)14-9-12(19)7-8-13(14)16(22)21(17)2/h7-9,11H,3-6,10H2,1-2H3,(H,20,23). The Balaban J connectivity index is 2.11. The molecule has 1 aliphatic carbocycles. The van der Waals surface area contributed by atoms with Gasteiger partial charge in [0.15, 0.2) is 5.75 Å². The second kappa shape index (κ2) is 7.35. The van der Waals surface area contributed by atoms with Crippen LogP contribution in [0, 0.1) is 5.92 Å². The summed E-state index contributed by atoms with van der Waals surface area (Å²) in [7, 11) is 3.01. The lowest BCUT2D eigenvalue weighted by Crippen LogP contribution is -2.27. The fourth-order valence-corrected chi connectivity index (χ4v) is 3.37. The van der Waals surface area contributed by atoms with Crippen molar-refractivity contribution in [2.75, 3.05) is 13.7 Å². The molecule has 1 aliphatic rings. The van der Waals surface area contributed by atoms with E-state index in [0.29, 0.717) is 34.1 Å². The Labute approximate surface area is 150 Å². The average molecular weight is 365 g/mol. The van der Waals surface area contributed by atoms with Gasteiger partial charge in [0.1, 0.15) is 0 Å². The van der Waals surface area contributed by atoms with Gasteiger partial charge in [-0.25, -0.2) is 4.79 Å². The summed E-state index contributed by atoms with van der Waals surface area (Å²) in [6.45, 7) is 0.518. The first-order valence-corrected chi connectivity index (χ1v) is 8.73. The second-order valence-corrected chi connectivity index (χ2v) is 6.73. The van der Waals surface area contributed by atoms with Crippen molar-refractivity contribution in [3.8, 4) is 11.6 Å². The number of hydrogen-bond donors (Lipinski definition) is 1. The number of rotatable bonds is 4. The first-order chi connectivity index (χ1) is 12.0. The molecule has 134 valence electrons. The van der Waals surface area contributed by atoms with Crippen molar-refractivity contribution in [2.24, 2.45) is 13.0 Å². The van der Waals surface area contributed by atoms with E-state index in [4.69, 9.17) is 21.1 Å². The highest BCUT2D eigenvalue weighted by molar-refractivity contribution is 6.31. The summed E-state index contributed by atoms with van der Waals surface area (Å²) in [5.41, 5.74) is -0.279. The number of amides is 1. The average Bonchev–Trinajstić information content (AvgIpc) is 3.12. The molecule has 1 saturated carbocycles. The SMILES string of the molecule is CNC(=O)Oc1c(OCC2CCCC2)c2cc(Cl)ccc2c(=O)n1C. The third-order valence-corrected chi connectivity index (χ3v) is 4.83. The zero-order valence-electron chi connectivity index (χ0n) is 14.3. The Hall–Kier alpha value is -2.21. The number of halogens is 1. The smallest absolute Gasteiger partial charge is 0.413 e. The van der Waals surface area contributed by atoms with Gasteiger partial charge in [-0.15, -0.1) is 0 Å². The Morgan fingerprint density at radius 1 is 1.32 bits per heavy atom. The molecular weight excluding hydrogens is 344 g/mol. The Bertz CT molecular complexity index is 856. The number of pyridine rings is 1. The van der Waals surface area contributed by atoms with E-state index in [-0.39, 0.29) is 11.4 Å². The zero-order chi connectivity index (χ0) is 18.0. The molecule has 25 heavy (non-hydrogen) atoms. The van der Waals surface area contributed by atoms with Crippen LogP contribution in [0.25, 0.3) is 10.8 Å². The topological polar surface area (TPSA) is 69.6 Å². The Kier molecular flexibility index (Phi) is 5.18. The summed E-state index contributed by atoms with van der Waals surface area (Å²) in [5, 5.41) is 3.89. The van der Waals surface area contributed by atoms with Crippen LogP contribution in [0.2, 0.25) is 5.02 Å². The minimum atomic E-state index is -0.665. The predicted molar refractivity (Wildman–Crippen MR) is 96.7 cm³/mol. The van der Waals surface area contributed by atoms with Crippen molar-refractivity contribution < 1.29 is 14.3 Å². The summed E-state index contributed by atoms with van der Waals surface area (Å²) in [5.74, 6) is 0.923. The molecule has 0 bridgehead atoms. The summed E-state index contributed by atoms with van der Waals surface area (Å²) in [4.78, 5) is 24.3. The third kappa shape index (κ3) is 3.58. The van der Waals surface area contributed by atoms with Crippen LogP contribution in [0.5, 0.6) is 11.6 Å². The first-order valence-electron chi connectivity index (χ1n) is 8.36. The molecule has 3 rings (SSSR count). The molecule has 1 fully saturated rings. The number of aromatic nitrogens is 1. The maximum atomic E-state index is 12.6. The number of nitrogens with one attached hydrogen (secondary N) is 1. The molecule has 0 radical (unpaired) electrons. The van der Waals surface area contributed by atoms with Gasteiger partial charge in [0, 0.05) is 24.5 Å². The second-order valence-electron chi connectivity index (χ2n) is 6.29. The van der Waals surface area contributed by atoms with Crippen molar-refractivity contribution in [2.45, 2.75) is 25.7 Å². The molecule has 0 saturated heterocycles. The van der Waals surface area contributed by atoms with E-state index in [1.165, 1.54) is 24.5 Å². The minimum absolute atomic E-state index is 0.0807. The largest absolute Gasteiger partial charge is 0.487 e. The maximum absolute atomic E-state index is 12.6. The van der Waals surface area contributed by atoms with Gasteiger partial charge in [0.25, 0.3) is 11.4 Å². The molecule has 1 heterocycles. The fourth-order valence-electron chi connectivity index (χ4n) is 3.20. The van der Waals surface area contributed by atoms with E-state index in [2.05, 4.69) is 5.32 Å². The first kappa shape index (κ1) is 17.6. The molecule has 2 aromatic rings. The van der Waals surface area contributed by atoms with E-state index in [1.54, 1.807) is 25.2 Å². The summed E-state index contributed by atoms with van der Waals surface area (Å²) in [6.07, 6.45) is 3.99. The van der Waals surface area contributed by atoms with Crippen LogP contribution in [0.4, 0.5) is 4.79 Å². The zero-order valence-corrected chi connectivity index (χ0v) is 15.1. The number of benzene rings is 1. The summed E-state index contributed by atoms with van der Waals surface area (Å²) in [6, 6.07) is 4.98.